The molecule has 3 aromatic rings. The lowest BCUT2D eigenvalue weighted by atomic mass is 10.0. The van der Waals surface area contributed by atoms with Gasteiger partial charge in [0.05, 0.1) is 24.4 Å². The number of amides is 2. The summed E-state index contributed by atoms with van der Waals surface area (Å²) in [4.78, 5) is 28.7. The van der Waals surface area contributed by atoms with Gasteiger partial charge in [0.1, 0.15) is 0 Å². The van der Waals surface area contributed by atoms with E-state index in [-0.39, 0.29) is 30.0 Å². The van der Waals surface area contributed by atoms with E-state index in [9.17, 15) is 9.59 Å². The summed E-state index contributed by atoms with van der Waals surface area (Å²) in [6.07, 6.45) is 3.45. The highest BCUT2D eigenvalue weighted by Crippen LogP contribution is 2.20. The van der Waals surface area contributed by atoms with Gasteiger partial charge in [-0.1, -0.05) is 43.7 Å². The van der Waals surface area contributed by atoms with E-state index in [1.807, 2.05) is 30.3 Å². The molecule has 1 unspecified atom stereocenters. The predicted octanol–water partition coefficient (Wildman–Crippen LogP) is 4.19. The normalized spacial score (nSPS) is 11.7. The number of hydrogen-bond donors (Lipinski definition) is 2. The van der Waals surface area contributed by atoms with Crippen molar-refractivity contribution in [2.24, 2.45) is 0 Å². The van der Waals surface area contributed by atoms with Crippen molar-refractivity contribution < 1.29 is 14.0 Å². The molecule has 0 aliphatic heterocycles. The van der Waals surface area contributed by atoms with Crippen molar-refractivity contribution in [2.75, 3.05) is 5.32 Å². The van der Waals surface area contributed by atoms with Crippen LogP contribution < -0.4 is 10.6 Å². The summed E-state index contributed by atoms with van der Waals surface area (Å²) in [5, 5.41) is 7.96. The van der Waals surface area contributed by atoms with E-state index in [1.165, 1.54) is 17.6 Å². The van der Waals surface area contributed by atoms with Crippen LogP contribution in [0.5, 0.6) is 0 Å². The number of nitrogens with one attached hydrogen (secondary N) is 2. The molecular weight excluding hydrogens is 362 g/mol. The molecule has 0 bridgehead atoms. The van der Waals surface area contributed by atoms with Crippen LogP contribution in [0.15, 0.2) is 58.5 Å². The number of nitrogens with zero attached hydrogens (tertiary/aromatic N) is 1. The number of carbonyl (C=O) groups excluding carboxylic acids is 2. The van der Waals surface area contributed by atoms with E-state index >= 15 is 0 Å². The van der Waals surface area contributed by atoms with Gasteiger partial charge in [-0.3, -0.25) is 14.9 Å². The molecule has 0 saturated heterocycles. The molecule has 0 fully saturated rings. The van der Waals surface area contributed by atoms with E-state index in [0.717, 1.165) is 18.4 Å². The molecule has 0 aliphatic rings. The van der Waals surface area contributed by atoms with Crippen LogP contribution in [0.4, 0.5) is 5.13 Å². The monoisotopic (exact) mass is 383 g/mol. The third-order valence-corrected chi connectivity index (χ3v) is 4.78. The van der Waals surface area contributed by atoms with Crippen molar-refractivity contribution in [2.45, 2.75) is 32.2 Å². The first-order chi connectivity index (χ1) is 13.2. The largest absolute Gasteiger partial charge is 0.459 e. The van der Waals surface area contributed by atoms with Crippen LogP contribution in [0.2, 0.25) is 0 Å². The standard InChI is InChI=1S/C20H21N3O3S/c1-2-7-16(14-8-4-3-5-9-14)22-18(24)12-15-13-27-20(21-15)23-19(25)17-10-6-11-26-17/h3-6,8-11,13,16H,2,7,12H2,1H3,(H,22,24)(H,21,23,25). The van der Waals surface area contributed by atoms with Gasteiger partial charge in [-0.2, -0.15) is 0 Å². The molecule has 2 amide bonds. The lowest BCUT2D eigenvalue weighted by Crippen LogP contribution is -2.29. The second kappa shape index (κ2) is 9.14. The van der Waals surface area contributed by atoms with Crippen molar-refractivity contribution in [3.05, 3.63) is 71.1 Å². The molecule has 0 radical (unpaired) electrons. The smallest absolute Gasteiger partial charge is 0.293 e. The fraction of sp³-hybridized carbons (Fsp3) is 0.250. The minimum Gasteiger partial charge on any atom is -0.459 e. The van der Waals surface area contributed by atoms with Gasteiger partial charge in [-0.15, -0.1) is 11.3 Å². The third kappa shape index (κ3) is 5.27. The highest BCUT2D eigenvalue weighted by molar-refractivity contribution is 7.14. The fourth-order valence-electron chi connectivity index (χ4n) is 2.72. The molecule has 1 atom stereocenters. The van der Waals surface area contributed by atoms with Crippen LogP contribution in [-0.2, 0) is 11.2 Å². The minimum absolute atomic E-state index is 0.0135. The molecule has 0 aliphatic carbocycles. The van der Waals surface area contributed by atoms with Crippen molar-refractivity contribution in [3.8, 4) is 0 Å². The van der Waals surface area contributed by atoms with Gasteiger partial charge in [0.15, 0.2) is 10.9 Å². The van der Waals surface area contributed by atoms with Crippen LogP contribution in [0.25, 0.3) is 0 Å². The molecule has 140 valence electrons. The molecule has 1 aromatic carbocycles. The molecule has 2 heterocycles. The number of hydrogen-bond acceptors (Lipinski definition) is 5. The average molecular weight is 383 g/mol. The van der Waals surface area contributed by atoms with Crippen molar-refractivity contribution in [1.29, 1.82) is 0 Å². The fourth-order valence-corrected chi connectivity index (χ4v) is 3.42. The Kier molecular flexibility index (Phi) is 6.38. The summed E-state index contributed by atoms with van der Waals surface area (Å²) in [6.45, 7) is 2.09. The van der Waals surface area contributed by atoms with Crippen LogP contribution >= 0.6 is 11.3 Å². The van der Waals surface area contributed by atoms with Crippen molar-refractivity contribution >= 4 is 28.3 Å². The molecule has 3 rings (SSSR count). The summed E-state index contributed by atoms with van der Waals surface area (Å²) in [5.41, 5.74) is 1.72. The molecule has 2 aromatic heterocycles. The first-order valence-electron chi connectivity index (χ1n) is 8.79. The molecular formula is C20H21N3O3S. The number of carbonyl (C=O) groups is 2. The number of benzene rings is 1. The Morgan fingerprint density at radius 2 is 2.00 bits per heavy atom. The van der Waals surface area contributed by atoms with Crippen molar-refractivity contribution in [3.63, 3.8) is 0 Å². The first-order valence-corrected chi connectivity index (χ1v) is 9.67. The van der Waals surface area contributed by atoms with E-state index < -0.39 is 0 Å². The number of rotatable bonds is 8. The van der Waals surface area contributed by atoms with Crippen LogP contribution in [-0.4, -0.2) is 16.8 Å². The van der Waals surface area contributed by atoms with Gasteiger partial charge in [-0.25, -0.2) is 4.98 Å². The molecule has 6 nitrogen and oxygen atoms in total. The maximum atomic E-state index is 12.4. The Morgan fingerprint density at radius 1 is 1.19 bits per heavy atom. The quantitative estimate of drug-likeness (QED) is 0.611. The highest BCUT2D eigenvalue weighted by Gasteiger charge is 2.16. The van der Waals surface area contributed by atoms with Crippen molar-refractivity contribution in [1.82, 2.24) is 10.3 Å². The average Bonchev–Trinajstić information content (AvgIpc) is 3.34. The number of aromatic nitrogens is 1. The third-order valence-electron chi connectivity index (χ3n) is 3.97. The number of anilines is 1. The molecule has 7 heteroatoms. The molecule has 0 spiro atoms. The first kappa shape index (κ1) is 18.8. The van der Waals surface area contributed by atoms with Crippen LogP contribution in [0.1, 0.15) is 47.6 Å². The van der Waals surface area contributed by atoms with Crippen LogP contribution in [0.3, 0.4) is 0 Å². The van der Waals surface area contributed by atoms with E-state index in [4.69, 9.17) is 4.42 Å². The highest BCUT2D eigenvalue weighted by atomic mass is 32.1. The topological polar surface area (TPSA) is 84.2 Å². The van der Waals surface area contributed by atoms with Gasteiger partial charge in [0, 0.05) is 5.38 Å². The maximum Gasteiger partial charge on any atom is 0.293 e. The van der Waals surface area contributed by atoms with Crippen LogP contribution in [0, 0.1) is 0 Å². The Hall–Kier alpha value is -2.93. The second-order valence-electron chi connectivity index (χ2n) is 6.07. The molecule has 0 saturated carbocycles. The SMILES string of the molecule is CCCC(NC(=O)Cc1csc(NC(=O)c2ccco2)n1)c1ccccc1. The van der Waals surface area contributed by atoms with Gasteiger partial charge in [0.25, 0.3) is 5.91 Å². The summed E-state index contributed by atoms with van der Waals surface area (Å²) in [5.74, 6) is -0.237. The summed E-state index contributed by atoms with van der Waals surface area (Å²) < 4.78 is 5.05. The summed E-state index contributed by atoms with van der Waals surface area (Å²) in [6, 6.07) is 13.2. The van der Waals surface area contributed by atoms with Gasteiger partial charge < -0.3 is 9.73 Å². The van der Waals surface area contributed by atoms with E-state index in [1.54, 1.807) is 17.5 Å². The lowest BCUT2D eigenvalue weighted by Gasteiger charge is -2.18. The minimum atomic E-state index is -0.363. The summed E-state index contributed by atoms with van der Waals surface area (Å²) >= 11 is 1.28. The van der Waals surface area contributed by atoms with Gasteiger partial charge in [-0.05, 0) is 24.1 Å². The Labute approximate surface area is 161 Å². The number of thiazole rings is 1. The lowest BCUT2D eigenvalue weighted by molar-refractivity contribution is -0.121. The van der Waals surface area contributed by atoms with E-state index in [0.29, 0.717) is 10.8 Å². The van der Waals surface area contributed by atoms with E-state index in [2.05, 4.69) is 22.5 Å². The van der Waals surface area contributed by atoms with Gasteiger partial charge >= 0.3 is 0 Å². The zero-order valence-electron chi connectivity index (χ0n) is 15.0. The van der Waals surface area contributed by atoms with Gasteiger partial charge in [0.2, 0.25) is 5.91 Å². The number of furan rings is 1. The summed E-state index contributed by atoms with van der Waals surface area (Å²) in [7, 11) is 0. The molecule has 27 heavy (non-hydrogen) atoms. The Bertz CT molecular complexity index is 875. The predicted molar refractivity (Wildman–Crippen MR) is 105 cm³/mol. The zero-order chi connectivity index (χ0) is 19.1. The maximum absolute atomic E-state index is 12.4. The zero-order valence-corrected chi connectivity index (χ0v) is 15.8. The second-order valence-corrected chi connectivity index (χ2v) is 6.93. The molecule has 2 N–H and O–H groups in total. The Morgan fingerprint density at radius 3 is 2.70 bits per heavy atom. The Balaban J connectivity index is 1.57.